The SMILES string of the molecule is N=C1SC(=Cc2ccc(-c3ccc(Cl)cc3C(=O)O)o2)C(=O)N1c1ccc(Cl)cc1Cl. The second-order valence-electron chi connectivity index (χ2n) is 6.35. The molecular weight excluding hydrogens is 483 g/mol. The summed E-state index contributed by atoms with van der Waals surface area (Å²) in [5.74, 6) is -0.938. The summed E-state index contributed by atoms with van der Waals surface area (Å²) in [6.07, 6.45) is 1.49. The fourth-order valence-corrected chi connectivity index (χ4v) is 4.48. The van der Waals surface area contributed by atoms with Crippen LogP contribution >= 0.6 is 46.6 Å². The zero-order chi connectivity index (χ0) is 22.3. The van der Waals surface area contributed by atoms with Crippen molar-refractivity contribution in [3.63, 3.8) is 0 Å². The van der Waals surface area contributed by atoms with E-state index in [1.54, 1.807) is 36.4 Å². The maximum absolute atomic E-state index is 12.9. The molecule has 0 spiro atoms. The second-order valence-corrected chi connectivity index (χ2v) is 8.66. The zero-order valence-electron chi connectivity index (χ0n) is 15.4. The molecule has 1 aromatic heterocycles. The van der Waals surface area contributed by atoms with Crippen LogP contribution in [0.5, 0.6) is 0 Å². The molecule has 1 saturated heterocycles. The summed E-state index contributed by atoms with van der Waals surface area (Å²) in [4.78, 5) is 25.8. The number of anilines is 1. The zero-order valence-corrected chi connectivity index (χ0v) is 18.4. The van der Waals surface area contributed by atoms with E-state index < -0.39 is 11.9 Å². The Balaban J connectivity index is 1.65. The van der Waals surface area contributed by atoms with Gasteiger partial charge in [0.15, 0.2) is 5.17 Å². The monoisotopic (exact) mass is 492 g/mol. The minimum absolute atomic E-state index is 0.00213. The maximum Gasteiger partial charge on any atom is 0.336 e. The van der Waals surface area contributed by atoms with Crippen LogP contribution in [0.2, 0.25) is 15.1 Å². The number of hydrogen-bond acceptors (Lipinski definition) is 5. The number of benzene rings is 2. The van der Waals surface area contributed by atoms with Crippen molar-refractivity contribution >= 4 is 75.4 Å². The number of thioether (sulfide) groups is 1. The van der Waals surface area contributed by atoms with Crippen LogP contribution in [-0.2, 0) is 4.79 Å². The lowest BCUT2D eigenvalue weighted by Crippen LogP contribution is -2.28. The van der Waals surface area contributed by atoms with Crippen LogP contribution in [0.4, 0.5) is 5.69 Å². The average molecular weight is 494 g/mol. The van der Waals surface area contributed by atoms with E-state index in [0.717, 1.165) is 11.8 Å². The van der Waals surface area contributed by atoms with Crippen molar-refractivity contribution in [1.82, 2.24) is 0 Å². The third-order valence-electron chi connectivity index (χ3n) is 4.35. The van der Waals surface area contributed by atoms with Crippen molar-refractivity contribution in [3.05, 3.63) is 79.8 Å². The topological polar surface area (TPSA) is 94.6 Å². The van der Waals surface area contributed by atoms with Crippen molar-refractivity contribution in [2.45, 2.75) is 0 Å². The average Bonchev–Trinajstić information content (AvgIpc) is 3.27. The van der Waals surface area contributed by atoms with Crippen LogP contribution < -0.4 is 4.90 Å². The van der Waals surface area contributed by atoms with Gasteiger partial charge in [-0.25, -0.2) is 4.79 Å². The molecule has 3 aromatic rings. The molecule has 0 unspecified atom stereocenters. The normalized spacial score (nSPS) is 15.2. The van der Waals surface area contributed by atoms with Gasteiger partial charge in [-0.05, 0) is 60.3 Å². The van der Waals surface area contributed by atoms with E-state index >= 15 is 0 Å². The van der Waals surface area contributed by atoms with Crippen molar-refractivity contribution in [1.29, 1.82) is 5.41 Å². The van der Waals surface area contributed by atoms with Crippen molar-refractivity contribution in [3.8, 4) is 11.3 Å². The third-order valence-corrected chi connectivity index (χ3v) is 6.01. The van der Waals surface area contributed by atoms with E-state index in [2.05, 4.69) is 0 Å². The summed E-state index contributed by atoms with van der Waals surface area (Å²) >= 11 is 19.0. The van der Waals surface area contributed by atoms with Crippen molar-refractivity contribution in [2.75, 3.05) is 4.90 Å². The summed E-state index contributed by atoms with van der Waals surface area (Å²) in [5, 5.41) is 18.5. The van der Waals surface area contributed by atoms with Crippen LogP contribution in [-0.4, -0.2) is 22.2 Å². The Morgan fingerprint density at radius 2 is 1.77 bits per heavy atom. The van der Waals surface area contributed by atoms with Gasteiger partial charge in [0.2, 0.25) is 0 Å². The summed E-state index contributed by atoms with van der Waals surface area (Å²) < 4.78 is 5.75. The standard InChI is InChI=1S/C21H11Cl3N2O4S/c22-10-1-4-13(14(7-10)20(28)29)17-6-3-12(30-17)9-18-19(27)26(21(25)31-18)16-5-2-11(23)8-15(16)24/h1-9,25H,(H,28,29). The Morgan fingerprint density at radius 1 is 1.06 bits per heavy atom. The molecule has 2 heterocycles. The molecule has 0 radical (unpaired) electrons. The second kappa shape index (κ2) is 8.43. The number of rotatable bonds is 4. The van der Waals surface area contributed by atoms with Gasteiger partial charge in [-0.3, -0.25) is 15.1 Å². The number of carbonyl (C=O) groups excluding carboxylic acids is 1. The molecule has 31 heavy (non-hydrogen) atoms. The third kappa shape index (κ3) is 4.22. The first kappa shape index (κ1) is 21.5. The molecule has 0 bridgehead atoms. The molecule has 1 aliphatic heterocycles. The molecule has 156 valence electrons. The van der Waals surface area contributed by atoms with Gasteiger partial charge in [0, 0.05) is 21.7 Å². The molecule has 6 nitrogen and oxygen atoms in total. The number of hydrogen-bond donors (Lipinski definition) is 2. The van der Waals surface area contributed by atoms with Gasteiger partial charge in [-0.15, -0.1) is 0 Å². The van der Waals surface area contributed by atoms with Crippen molar-refractivity contribution in [2.24, 2.45) is 0 Å². The largest absolute Gasteiger partial charge is 0.478 e. The van der Waals surface area contributed by atoms with Gasteiger partial charge < -0.3 is 9.52 Å². The summed E-state index contributed by atoms with van der Waals surface area (Å²) in [5.41, 5.74) is 0.705. The van der Waals surface area contributed by atoms with Gasteiger partial charge in [0.1, 0.15) is 11.5 Å². The van der Waals surface area contributed by atoms with Gasteiger partial charge in [-0.2, -0.15) is 0 Å². The predicted octanol–water partition coefficient (Wildman–Crippen LogP) is 6.66. The van der Waals surface area contributed by atoms with E-state index in [4.69, 9.17) is 44.6 Å². The predicted molar refractivity (Wildman–Crippen MR) is 123 cm³/mol. The molecule has 0 atom stereocenters. The van der Waals surface area contributed by atoms with E-state index in [1.165, 1.54) is 23.1 Å². The highest BCUT2D eigenvalue weighted by Crippen LogP contribution is 2.39. The number of carboxylic acid groups (broad SMARTS) is 1. The first-order chi connectivity index (χ1) is 14.7. The minimum Gasteiger partial charge on any atom is -0.478 e. The quantitative estimate of drug-likeness (QED) is 0.396. The fourth-order valence-electron chi connectivity index (χ4n) is 2.98. The number of furan rings is 1. The summed E-state index contributed by atoms with van der Waals surface area (Å²) in [6, 6.07) is 12.3. The highest BCUT2D eigenvalue weighted by atomic mass is 35.5. The van der Waals surface area contributed by atoms with E-state index in [0.29, 0.717) is 32.8 Å². The van der Waals surface area contributed by atoms with Gasteiger partial charge in [0.25, 0.3) is 5.91 Å². The van der Waals surface area contributed by atoms with E-state index in [-0.39, 0.29) is 20.7 Å². The fraction of sp³-hybridized carbons (Fsp3) is 0. The number of amidine groups is 1. The van der Waals surface area contributed by atoms with Crippen LogP contribution in [0.25, 0.3) is 17.4 Å². The summed E-state index contributed by atoms with van der Waals surface area (Å²) in [7, 11) is 0. The van der Waals surface area contributed by atoms with E-state index in [1.807, 2.05) is 0 Å². The molecule has 2 aromatic carbocycles. The maximum atomic E-state index is 12.9. The Kier molecular flexibility index (Phi) is 5.85. The van der Waals surface area contributed by atoms with Crippen LogP contribution in [0.3, 0.4) is 0 Å². The number of carbonyl (C=O) groups is 2. The number of nitrogens with zero attached hydrogens (tertiary/aromatic N) is 1. The van der Waals surface area contributed by atoms with Crippen LogP contribution in [0, 0.1) is 5.41 Å². The lowest BCUT2D eigenvalue weighted by Gasteiger charge is -2.16. The Labute approximate surface area is 195 Å². The van der Waals surface area contributed by atoms with E-state index in [9.17, 15) is 14.7 Å². The number of halogens is 3. The lowest BCUT2D eigenvalue weighted by atomic mass is 10.1. The highest BCUT2D eigenvalue weighted by Gasteiger charge is 2.35. The number of nitrogens with one attached hydrogen (secondary N) is 1. The Hall–Kier alpha value is -2.71. The Bertz CT molecular complexity index is 1290. The molecule has 1 amide bonds. The molecule has 4 rings (SSSR count). The number of carboxylic acids is 1. The van der Waals surface area contributed by atoms with Crippen LogP contribution in [0.15, 0.2) is 57.9 Å². The molecule has 2 N–H and O–H groups in total. The smallest absolute Gasteiger partial charge is 0.336 e. The number of aromatic carboxylic acids is 1. The molecular formula is C21H11Cl3N2O4S. The van der Waals surface area contributed by atoms with Crippen molar-refractivity contribution < 1.29 is 19.1 Å². The first-order valence-corrected chi connectivity index (χ1v) is 10.6. The lowest BCUT2D eigenvalue weighted by molar-refractivity contribution is -0.113. The molecule has 1 fully saturated rings. The Morgan fingerprint density at radius 3 is 2.48 bits per heavy atom. The molecule has 0 saturated carbocycles. The van der Waals surface area contributed by atoms with Gasteiger partial charge in [-0.1, -0.05) is 34.8 Å². The molecule has 0 aliphatic carbocycles. The highest BCUT2D eigenvalue weighted by molar-refractivity contribution is 8.19. The molecule has 10 heteroatoms. The summed E-state index contributed by atoms with van der Waals surface area (Å²) in [6.45, 7) is 0. The van der Waals surface area contributed by atoms with Gasteiger partial charge >= 0.3 is 5.97 Å². The first-order valence-electron chi connectivity index (χ1n) is 8.65. The van der Waals surface area contributed by atoms with Crippen LogP contribution in [0.1, 0.15) is 16.1 Å². The number of amides is 1. The van der Waals surface area contributed by atoms with Gasteiger partial charge in [0.05, 0.1) is 21.2 Å². The minimum atomic E-state index is -1.14. The molecule has 1 aliphatic rings.